The zero-order valence-electron chi connectivity index (χ0n) is 18.5. The molecule has 1 N–H and O–H groups in total. The van der Waals surface area contributed by atoms with Crippen LogP contribution in [0.3, 0.4) is 0 Å². The smallest absolute Gasteiger partial charge is 0.310 e. The Labute approximate surface area is 183 Å². The maximum Gasteiger partial charge on any atom is 0.332 e. The molecule has 0 aromatic carbocycles. The summed E-state index contributed by atoms with van der Waals surface area (Å²) < 4.78 is 4.28. The molecule has 166 valence electrons. The SMILES string of the molecule is Cc1nc(SCC(=O)Nc2ccnn2C(C)C)c2c(=O)n(C)c(=O)n(CC(C)C)c2n1. The molecule has 3 aromatic heterocycles. The second-order valence-corrected chi connectivity index (χ2v) is 8.98. The number of aryl methyl sites for hydroxylation is 1. The Morgan fingerprint density at radius 3 is 2.55 bits per heavy atom. The molecule has 1 amide bonds. The van der Waals surface area contributed by atoms with E-state index in [2.05, 4.69) is 20.4 Å². The molecule has 3 heterocycles. The highest BCUT2D eigenvalue weighted by Crippen LogP contribution is 2.23. The number of hydrogen-bond acceptors (Lipinski definition) is 7. The Morgan fingerprint density at radius 2 is 1.90 bits per heavy atom. The number of carbonyl (C=O) groups excluding carboxylic acids is 1. The lowest BCUT2D eigenvalue weighted by Gasteiger charge is -2.15. The Balaban J connectivity index is 1.96. The largest absolute Gasteiger partial charge is 0.332 e. The van der Waals surface area contributed by atoms with E-state index in [9.17, 15) is 14.4 Å². The number of aromatic nitrogens is 6. The normalized spacial score (nSPS) is 11.6. The number of carbonyl (C=O) groups is 1. The molecule has 0 atom stereocenters. The van der Waals surface area contributed by atoms with E-state index < -0.39 is 11.2 Å². The summed E-state index contributed by atoms with van der Waals surface area (Å²) in [5.41, 5.74) is -0.587. The Kier molecular flexibility index (Phi) is 6.63. The van der Waals surface area contributed by atoms with Gasteiger partial charge in [0.1, 0.15) is 22.1 Å². The minimum Gasteiger partial charge on any atom is -0.310 e. The van der Waals surface area contributed by atoms with Crippen LogP contribution in [-0.4, -0.2) is 40.5 Å². The Hall–Kier alpha value is -2.95. The molecular formula is C20H27N7O3S. The van der Waals surface area contributed by atoms with Gasteiger partial charge in [-0.3, -0.25) is 18.7 Å². The van der Waals surface area contributed by atoms with Crippen molar-refractivity contribution in [2.75, 3.05) is 11.1 Å². The highest BCUT2D eigenvalue weighted by molar-refractivity contribution is 8.00. The summed E-state index contributed by atoms with van der Waals surface area (Å²) in [4.78, 5) is 46.9. The quantitative estimate of drug-likeness (QED) is 0.436. The van der Waals surface area contributed by atoms with Gasteiger partial charge in [0.25, 0.3) is 5.56 Å². The maximum atomic E-state index is 12.9. The maximum absolute atomic E-state index is 12.9. The number of nitrogens with zero attached hydrogens (tertiary/aromatic N) is 6. The number of rotatable bonds is 7. The first kappa shape index (κ1) is 22.7. The number of amides is 1. The zero-order chi connectivity index (χ0) is 22.9. The van der Waals surface area contributed by atoms with E-state index in [1.807, 2.05) is 27.7 Å². The average Bonchev–Trinajstić information content (AvgIpc) is 3.15. The van der Waals surface area contributed by atoms with Gasteiger partial charge in [0.05, 0.1) is 11.9 Å². The van der Waals surface area contributed by atoms with Gasteiger partial charge in [0.15, 0.2) is 5.65 Å². The molecule has 3 aromatic rings. The van der Waals surface area contributed by atoms with Crippen LogP contribution in [0.25, 0.3) is 11.0 Å². The number of thioether (sulfide) groups is 1. The summed E-state index contributed by atoms with van der Waals surface area (Å²) in [5.74, 6) is 1.01. The summed E-state index contributed by atoms with van der Waals surface area (Å²) in [6.07, 6.45) is 1.63. The van der Waals surface area contributed by atoms with Crippen LogP contribution in [0.2, 0.25) is 0 Å². The van der Waals surface area contributed by atoms with Crippen LogP contribution < -0.4 is 16.6 Å². The third-order valence-electron chi connectivity index (χ3n) is 4.58. The fourth-order valence-corrected chi connectivity index (χ4v) is 4.07. The van der Waals surface area contributed by atoms with Crippen LogP contribution >= 0.6 is 11.8 Å². The average molecular weight is 446 g/mol. The van der Waals surface area contributed by atoms with E-state index in [0.717, 1.165) is 16.3 Å². The molecule has 0 spiro atoms. The third-order valence-corrected chi connectivity index (χ3v) is 5.55. The van der Waals surface area contributed by atoms with Gasteiger partial charge >= 0.3 is 5.69 Å². The molecule has 31 heavy (non-hydrogen) atoms. The lowest BCUT2D eigenvalue weighted by molar-refractivity contribution is -0.113. The first-order valence-electron chi connectivity index (χ1n) is 10.0. The Bertz CT molecular complexity index is 1240. The predicted molar refractivity (Wildman–Crippen MR) is 121 cm³/mol. The standard InChI is InChI=1S/C20H27N7O3S/c1-11(2)9-26-17-16(19(29)25(6)20(26)30)18(23-13(5)22-17)31-10-15(28)24-14-7-8-21-27(14)12(3)4/h7-8,11-12H,9-10H2,1-6H3,(H,24,28). The van der Waals surface area contributed by atoms with Crippen molar-refractivity contribution in [3.63, 3.8) is 0 Å². The Morgan fingerprint density at radius 1 is 1.19 bits per heavy atom. The molecular weight excluding hydrogens is 418 g/mol. The molecule has 3 rings (SSSR count). The van der Waals surface area contributed by atoms with Crippen LogP contribution in [0.4, 0.5) is 5.82 Å². The van der Waals surface area contributed by atoms with Crippen molar-refractivity contribution in [1.82, 2.24) is 28.9 Å². The van der Waals surface area contributed by atoms with Gasteiger partial charge in [-0.15, -0.1) is 0 Å². The fourth-order valence-electron chi connectivity index (χ4n) is 3.21. The molecule has 0 unspecified atom stereocenters. The van der Waals surface area contributed by atoms with E-state index in [4.69, 9.17) is 0 Å². The second kappa shape index (κ2) is 9.04. The van der Waals surface area contributed by atoms with Crippen molar-refractivity contribution < 1.29 is 4.79 Å². The predicted octanol–water partition coefficient (Wildman–Crippen LogP) is 1.96. The zero-order valence-corrected chi connectivity index (χ0v) is 19.4. The van der Waals surface area contributed by atoms with Crippen LogP contribution in [-0.2, 0) is 18.4 Å². The third kappa shape index (κ3) is 4.71. The van der Waals surface area contributed by atoms with Crippen LogP contribution in [0, 0.1) is 12.8 Å². The van der Waals surface area contributed by atoms with Crippen molar-refractivity contribution >= 4 is 34.5 Å². The summed E-state index contributed by atoms with van der Waals surface area (Å²) in [6, 6.07) is 1.83. The molecule has 11 heteroatoms. The molecule has 10 nitrogen and oxygen atoms in total. The molecule has 0 radical (unpaired) electrons. The highest BCUT2D eigenvalue weighted by atomic mass is 32.2. The molecule has 0 aliphatic rings. The van der Waals surface area contributed by atoms with E-state index in [-0.39, 0.29) is 29.0 Å². The van der Waals surface area contributed by atoms with Crippen molar-refractivity contribution in [1.29, 1.82) is 0 Å². The van der Waals surface area contributed by atoms with Gasteiger partial charge in [-0.2, -0.15) is 5.10 Å². The second-order valence-electron chi connectivity index (χ2n) is 8.02. The number of nitrogens with one attached hydrogen (secondary N) is 1. The van der Waals surface area contributed by atoms with Gasteiger partial charge in [-0.05, 0) is 26.7 Å². The number of hydrogen-bond donors (Lipinski definition) is 1. The fraction of sp³-hybridized carbons (Fsp3) is 0.500. The molecule has 0 aliphatic heterocycles. The van der Waals surface area contributed by atoms with Gasteiger partial charge in [-0.25, -0.2) is 19.4 Å². The molecule has 0 saturated heterocycles. The number of anilines is 1. The molecule has 0 bridgehead atoms. The number of fused-ring (bicyclic) bond motifs is 1. The van der Waals surface area contributed by atoms with Crippen molar-refractivity contribution in [3.05, 3.63) is 38.9 Å². The molecule has 0 fully saturated rings. The van der Waals surface area contributed by atoms with Crippen LogP contribution in [0.1, 0.15) is 39.6 Å². The lowest BCUT2D eigenvalue weighted by Crippen LogP contribution is -2.39. The summed E-state index contributed by atoms with van der Waals surface area (Å²) >= 11 is 1.14. The van der Waals surface area contributed by atoms with Crippen molar-refractivity contribution in [2.45, 2.75) is 52.2 Å². The van der Waals surface area contributed by atoms with Gasteiger partial charge < -0.3 is 5.32 Å². The highest BCUT2D eigenvalue weighted by Gasteiger charge is 2.19. The van der Waals surface area contributed by atoms with Crippen LogP contribution in [0.5, 0.6) is 0 Å². The van der Waals surface area contributed by atoms with Gasteiger partial charge in [0.2, 0.25) is 5.91 Å². The monoisotopic (exact) mass is 445 g/mol. The van der Waals surface area contributed by atoms with Gasteiger partial charge in [-0.1, -0.05) is 25.6 Å². The van der Waals surface area contributed by atoms with Crippen molar-refractivity contribution in [2.24, 2.45) is 13.0 Å². The van der Waals surface area contributed by atoms with E-state index in [0.29, 0.717) is 28.9 Å². The van der Waals surface area contributed by atoms with E-state index in [1.165, 1.54) is 11.6 Å². The summed E-state index contributed by atoms with van der Waals surface area (Å²) in [7, 11) is 1.44. The summed E-state index contributed by atoms with van der Waals surface area (Å²) in [5, 5.41) is 7.67. The lowest BCUT2D eigenvalue weighted by atomic mass is 10.2. The molecule has 0 aliphatic carbocycles. The molecule has 0 saturated carbocycles. The van der Waals surface area contributed by atoms with E-state index >= 15 is 0 Å². The van der Waals surface area contributed by atoms with Crippen LogP contribution in [0.15, 0.2) is 26.9 Å². The first-order chi connectivity index (χ1) is 14.6. The van der Waals surface area contributed by atoms with Crippen molar-refractivity contribution in [3.8, 4) is 0 Å². The first-order valence-corrected chi connectivity index (χ1v) is 11.0. The van der Waals surface area contributed by atoms with Gasteiger partial charge in [0, 0.05) is 25.7 Å². The topological polar surface area (TPSA) is 117 Å². The minimum absolute atomic E-state index is 0.0429. The van der Waals surface area contributed by atoms with E-state index in [1.54, 1.807) is 23.9 Å². The minimum atomic E-state index is -0.471. The summed E-state index contributed by atoms with van der Waals surface area (Å²) in [6.45, 7) is 10.0.